The molecule has 1 heterocycles. The number of rotatable bonds is 4. The highest BCUT2D eigenvalue weighted by molar-refractivity contribution is 9.10. The summed E-state index contributed by atoms with van der Waals surface area (Å²) in [7, 11) is 0. The SMILES string of the molecule is CCCn1cc(C)nc1Nc1c(F)cccc1Br. The minimum absolute atomic E-state index is 0.298. The molecule has 0 atom stereocenters. The number of hydrogen-bond donors (Lipinski definition) is 1. The molecule has 0 bridgehead atoms. The van der Waals surface area contributed by atoms with Gasteiger partial charge in [-0.15, -0.1) is 0 Å². The van der Waals surface area contributed by atoms with E-state index in [0.29, 0.717) is 16.1 Å². The summed E-state index contributed by atoms with van der Waals surface area (Å²) in [6, 6.07) is 4.88. The largest absolute Gasteiger partial charge is 0.322 e. The maximum Gasteiger partial charge on any atom is 0.207 e. The summed E-state index contributed by atoms with van der Waals surface area (Å²) >= 11 is 3.34. The standard InChI is InChI=1S/C13H15BrFN3/c1-3-7-18-8-9(2)16-13(18)17-12-10(14)5-4-6-11(12)15/h4-6,8H,3,7H2,1-2H3,(H,16,17). The van der Waals surface area contributed by atoms with E-state index in [4.69, 9.17) is 0 Å². The Morgan fingerprint density at radius 2 is 2.22 bits per heavy atom. The van der Waals surface area contributed by atoms with Crippen molar-refractivity contribution in [3.63, 3.8) is 0 Å². The molecule has 0 radical (unpaired) electrons. The van der Waals surface area contributed by atoms with E-state index in [1.165, 1.54) is 6.07 Å². The molecule has 3 nitrogen and oxygen atoms in total. The van der Waals surface area contributed by atoms with Crippen LogP contribution < -0.4 is 5.32 Å². The average Bonchev–Trinajstić information content (AvgIpc) is 2.65. The van der Waals surface area contributed by atoms with Crippen molar-refractivity contribution in [1.29, 1.82) is 0 Å². The average molecular weight is 312 g/mol. The smallest absolute Gasteiger partial charge is 0.207 e. The monoisotopic (exact) mass is 311 g/mol. The molecule has 2 aromatic rings. The van der Waals surface area contributed by atoms with Crippen molar-refractivity contribution in [3.8, 4) is 0 Å². The molecule has 0 aliphatic carbocycles. The van der Waals surface area contributed by atoms with Crippen LogP contribution in [-0.2, 0) is 6.54 Å². The number of nitrogens with one attached hydrogen (secondary N) is 1. The molecular formula is C13H15BrFN3. The molecule has 1 aromatic heterocycles. The van der Waals surface area contributed by atoms with Crippen LogP contribution in [0, 0.1) is 12.7 Å². The van der Waals surface area contributed by atoms with Gasteiger partial charge in [-0.1, -0.05) is 13.0 Å². The number of imidazole rings is 1. The Balaban J connectivity index is 2.33. The minimum atomic E-state index is -0.298. The van der Waals surface area contributed by atoms with Gasteiger partial charge in [-0.3, -0.25) is 0 Å². The lowest BCUT2D eigenvalue weighted by molar-refractivity contribution is 0.629. The van der Waals surface area contributed by atoms with Crippen LogP contribution in [0.25, 0.3) is 0 Å². The van der Waals surface area contributed by atoms with Crippen LogP contribution in [0.4, 0.5) is 16.0 Å². The van der Waals surface area contributed by atoms with Gasteiger partial charge in [0.1, 0.15) is 5.82 Å². The molecule has 0 saturated carbocycles. The zero-order chi connectivity index (χ0) is 13.1. The zero-order valence-electron chi connectivity index (χ0n) is 10.4. The van der Waals surface area contributed by atoms with Gasteiger partial charge < -0.3 is 9.88 Å². The molecule has 18 heavy (non-hydrogen) atoms. The van der Waals surface area contributed by atoms with Crippen LogP contribution in [0.1, 0.15) is 19.0 Å². The van der Waals surface area contributed by atoms with Crippen LogP contribution in [0.2, 0.25) is 0 Å². The molecule has 0 fully saturated rings. The Hall–Kier alpha value is -1.36. The maximum atomic E-state index is 13.7. The molecule has 2 rings (SSSR count). The van der Waals surface area contributed by atoms with Crippen LogP contribution in [0.3, 0.4) is 0 Å². The van der Waals surface area contributed by atoms with Crippen molar-refractivity contribution >= 4 is 27.6 Å². The van der Waals surface area contributed by atoms with Gasteiger partial charge in [0.05, 0.1) is 11.4 Å². The van der Waals surface area contributed by atoms with Crippen molar-refractivity contribution in [2.75, 3.05) is 5.32 Å². The minimum Gasteiger partial charge on any atom is -0.322 e. The molecule has 1 aromatic carbocycles. The Labute approximate surface area is 114 Å². The molecule has 1 N–H and O–H groups in total. The first kappa shape index (κ1) is 13.1. The van der Waals surface area contributed by atoms with Crippen molar-refractivity contribution in [2.45, 2.75) is 26.8 Å². The first-order chi connectivity index (χ1) is 8.61. The van der Waals surface area contributed by atoms with E-state index in [2.05, 4.69) is 33.2 Å². The van der Waals surface area contributed by atoms with E-state index in [-0.39, 0.29) is 5.82 Å². The Bertz CT molecular complexity index is 531. The first-order valence-electron chi connectivity index (χ1n) is 5.86. The molecule has 0 amide bonds. The van der Waals surface area contributed by atoms with E-state index >= 15 is 0 Å². The predicted molar refractivity (Wildman–Crippen MR) is 74.6 cm³/mol. The second-order valence-electron chi connectivity index (χ2n) is 4.12. The van der Waals surface area contributed by atoms with Gasteiger partial charge in [0.15, 0.2) is 0 Å². The Morgan fingerprint density at radius 1 is 1.44 bits per heavy atom. The number of para-hydroxylation sites is 1. The van der Waals surface area contributed by atoms with Gasteiger partial charge in [0.25, 0.3) is 0 Å². The third-order valence-corrected chi connectivity index (χ3v) is 3.22. The Kier molecular flexibility index (Phi) is 4.01. The molecule has 0 aliphatic heterocycles. The molecule has 5 heteroatoms. The van der Waals surface area contributed by atoms with Gasteiger partial charge in [0.2, 0.25) is 5.95 Å². The summed E-state index contributed by atoms with van der Waals surface area (Å²) in [5.74, 6) is 0.369. The topological polar surface area (TPSA) is 29.9 Å². The first-order valence-corrected chi connectivity index (χ1v) is 6.66. The highest BCUT2D eigenvalue weighted by Gasteiger charge is 2.10. The highest BCUT2D eigenvalue weighted by Crippen LogP contribution is 2.28. The number of anilines is 2. The van der Waals surface area contributed by atoms with E-state index < -0.39 is 0 Å². The highest BCUT2D eigenvalue weighted by atomic mass is 79.9. The second-order valence-corrected chi connectivity index (χ2v) is 4.98. The van der Waals surface area contributed by atoms with Crippen LogP contribution in [0.15, 0.2) is 28.9 Å². The zero-order valence-corrected chi connectivity index (χ0v) is 12.0. The van der Waals surface area contributed by atoms with E-state index in [9.17, 15) is 4.39 Å². The quantitative estimate of drug-likeness (QED) is 0.915. The third-order valence-electron chi connectivity index (χ3n) is 2.56. The summed E-state index contributed by atoms with van der Waals surface area (Å²) in [5, 5.41) is 3.04. The number of aromatic nitrogens is 2. The van der Waals surface area contributed by atoms with Crippen LogP contribution >= 0.6 is 15.9 Å². The Morgan fingerprint density at radius 3 is 2.89 bits per heavy atom. The number of aryl methyl sites for hydroxylation is 2. The van der Waals surface area contributed by atoms with E-state index in [0.717, 1.165) is 18.7 Å². The van der Waals surface area contributed by atoms with Gasteiger partial charge in [0, 0.05) is 17.2 Å². The van der Waals surface area contributed by atoms with E-state index in [1.807, 2.05) is 17.7 Å². The number of nitrogens with zero attached hydrogens (tertiary/aromatic N) is 2. The van der Waals surface area contributed by atoms with Crippen LogP contribution in [0.5, 0.6) is 0 Å². The molecule has 0 unspecified atom stereocenters. The number of benzene rings is 1. The van der Waals surface area contributed by atoms with Crippen LogP contribution in [-0.4, -0.2) is 9.55 Å². The van der Waals surface area contributed by atoms with Gasteiger partial charge in [-0.25, -0.2) is 9.37 Å². The maximum absolute atomic E-state index is 13.7. The lowest BCUT2D eigenvalue weighted by Gasteiger charge is -2.10. The molecular weight excluding hydrogens is 297 g/mol. The lowest BCUT2D eigenvalue weighted by Crippen LogP contribution is -2.04. The fourth-order valence-corrected chi connectivity index (χ4v) is 2.23. The summed E-state index contributed by atoms with van der Waals surface area (Å²) < 4.78 is 16.4. The van der Waals surface area contributed by atoms with Gasteiger partial charge >= 0.3 is 0 Å². The lowest BCUT2D eigenvalue weighted by atomic mass is 10.3. The summed E-state index contributed by atoms with van der Waals surface area (Å²) in [6.07, 6.45) is 2.96. The van der Waals surface area contributed by atoms with Crippen molar-refractivity contribution in [1.82, 2.24) is 9.55 Å². The van der Waals surface area contributed by atoms with Crippen molar-refractivity contribution in [3.05, 3.63) is 40.4 Å². The third kappa shape index (κ3) is 2.72. The second kappa shape index (κ2) is 5.52. The van der Waals surface area contributed by atoms with Crippen molar-refractivity contribution in [2.24, 2.45) is 0 Å². The van der Waals surface area contributed by atoms with Gasteiger partial charge in [-0.05, 0) is 41.4 Å². The summed E-state index contributed by atoms with van der Waals surface area (Å²) in [6.45, 7) is 4.88. The molecule has 96 valence electrons. The summed E-state index contributed by atoms with van der Waals surface area (Å²) in [4.78, 5) is 4.37. The van der Waals surface area contributed by atoms with E-state index in [1.54, 1.807) is 12.1 Å². The molecule has 0 saturated heterocycles. The van der Waals surface area contributed by atoms with Gasteiger partial charge in [-0.2, -0.15) is 0 Å². The normalized spacial score (nSPS) is 10.7. The summed E-state index contributed by atoms with van der Waals surface area (Å²) in [5.41, 5.74) is 1.33. The van der Waals surface area contributed by atoms with Crippen molar-refractivity contribution < 1.29 is 4.39 Å². The fraction of sp³-hybridized carbons (Fsp3) is 0.308. The predicted octanol–water partition coefficient (Wildman–Crippen LogP) is 4.25. The fourth-order valence-electron chi connectivity index (χ4n) is 1.79. The number of hydrogen-bond acceptors (Lipinski definition) is 2. The molecule has 0 spiro atoms. The number of halogens is 2. The molecule has 0 aliphatic rings.